The summed E-state index contributed by atoms with van der Waals surface area (Å²) in [5.41, 5.74) is 4.23. The molecule has 0 aliphatic rings. The molecule has 104 valence electrons. The summed E-state index contributed by atoms with van der Waals surface area (Å²) in [5, 5.41) is 4.14. The number of imidazole rings is 1. The van der Waals surface area contributed by atoms with Crippen LogP contribution in [0.4, 0.5) is 0 Å². The first kappa shape index (κ1) is 13.1. The Labute approximate surface area is 122 Å². The fourth-order valence-corrected chi connectivity index (χ4v) is 2.51. The van der Waals surface area contributed by atoms with Crippen LogP contribution in [0.25, 0.3) is 11.0 Å². The minimum absolute atomic E-state index is 0.153. The summed E-state index contributed by atoms with van der Waals surface area (Å²) in [6, 6.07) is 1.97. The molecule has 0 saturated heterocycles. The predicted molar refractivity (Wildman–Crippen MR) is 78.8 cm³/mol. The van der Waals surface area contributed by atoms with Crippen molar-refractivity contribution in [1.29, 1.82) is 0 Å². The number of hydrogen-bond acceptors (Lipinski definition) is 3. The largest absolute Gasteiger partial charge is 0.322 e. The molecule has 3 heterocycles. The van der Waals surface area contributed by atoms with E-state index in [0.717, 1.165) is 22.6 Å². The van der Waals surface area contributed by atoms with Crippen molar-refractivity contribution in [1.82, 2.24) is 24.3 Å². The van der Waals surface area contributed by atoms with E-state index in [9.17, 15) is 0 Å². The fourth-order valence-electron chi connectivity index (χ4n) is 2.34. The zero-order valence-corrected chi connectivity index (χ0v) is 12.5. The van der Waals surface area contributed by atoms with Crippen LogP contribution < -0.4 is 0 Å². The van der Waals surface area contributed by atoms with Gasteiger partial charge in [0.2, 0.25) is 0 Å². The van der Waals surface area contributed by atoms with Gasteiger partial charge in [-0.05, 0) is 19.9 Å². The molecule has 3 aromatic rings. The van der Waals surface area contributed by atoms with Crippen LogP contribution >= 0.6 is 11.6 Å². The molecular weight excluding hydrogens is 274 g/mol. The lowest BCUT2D eigenvalue weighted by Crippen LogP contribution is -2.06. The van der Waals surface area contributed by atoms with Crippen molar-refractivity contribution in [3.05, 3.63) is 41.7 Å². The quantitative estimate of drug-likeness (QED) is 0.697. The number of hydrogen-bond donors (Lipinski definition) is 0. The van der Waals surface area contributed by atoms with E-state index in [1.54, 1.807) is 12.4 Å². The fraction of sp³-hybridized carbons (Fsp3) is 0.357. The molecule has 0 N–H and O–H groups in total. The second-order valence-electron chi connectivity index (χ2n) is 4.92. The molecule has 0 bridgehead atoms. The van der Waals surface area contributed by atoms with E-state index in [1.165, 1.54) is 5.56 Å². The Balaban J connectivity index is 2.14. The number of pyridine rings is 1. The molecule has 0 radical (unpaired) electrons. The lowest BCUT2D eigenvalue weighted by atomic mass is 10.2. The second-order valence-corrected chi connectivity index (χ2v) is 5.57. The standard InChI is InChI=1S/C14H16ClN5/c1-9(15)14-18-12-7-16-5-4-13(12)20(14)8-11-6-17-19(3)10(11)2/h4-7,9H,8H2,1-3H3. The van der Waals surface area contributed by atoms with Gasteiger partial charge in [0.15, 0.2) is 0 Å². The molecule has 0 spiro atoms. The van der Waals surface area contributed by atoms with Crippen LogP contribution in [0.15, 0.2) is 24.7 Å². The molecule has 0 amide bonds. The number of halogens is 1. The van der Waals surface area contributed by atoms with Crippen LogP contribution in [0.5, 0.6) is 0 Å². The molecule has 6 heteroatoms. The Morgan fingerprint density at radius 3 is 2.80 bits per heavy atom. The highest BCUT2D eigenvalue weighted by atomic mass is 35.5. The summed E-state index contributed by atoms with van der Waals surface area (Å²) < 4.78 is 4.01. The van der Waals surface area contributed by atoms with Gasteiger partial charge in [-0.1, -0.05) is 0 Å². The van der Waals surface area contributed by atoms with Crippen LogP contribution in [-0.2, 0) is 13.6 Å². The van der Waals surface area contributed by atoms with E-state index < -0.39 is 0 Å². The van der Waals surface area contributed by atoms with Gasteiger partial charge < -0.3 is 4.57 Å². The third-order valence-electron chi connectivity index (χ3n) is 3.60. The van der Waals surface area contributed by atoms with Crippen LogP contribution in [0, 0.1) is 6.92 Å². The number of aryl methyl sites for hydroxylation is 1. The number of rotatable bonds is 3. The van der Waals surface area contributed by atoms with Crippen molar-refractivity contribution in [2.45, 2.75) is 25.8 Å². The minimum Gasteiger partial charge on any atom is -0.322 e. The van der Waals surface area contributed by atoms with Gasteiger partial charge >= 0.3 is 0 Å². The van der Waals surface area contributed by atoms with Gasteiger partial charge in [0.25, 0.3) is 0 Å². The van der Waals surface area contributed by atoms with Crippen molar-refractivity contribution < 1.29 is 0 Å². The Bertz CT molecular complexity index is 756. The molecule has 0 saturated carbocycles. The lowest BCUT2D eigenvalue weighted by molar-refractivity contribution is 0.720. The summed E-state index contributed by atoms with van der Waals surface area (Å²) in [6.07, 6.45) is 5.44. The summed E-state index contributed by atoms with van der Waals surface area (Å²) in [7, 11) is 1.94. The average molecular weight is 290 g/mol. The van der Waals surface area contributed by atoms with Gasteiger partial charge in [0.05, 0.1) is 29.8 Å². The maximum atomic E-state index is 6.27. The monoisotopic (exact) mass is 289 g/mol. The van der Waals surface area contributed by atoms with Gasteiger partial charge in [-0.2, -0.15) is 5.10 Å². The second kappa shape index (κ2) is 4.90. The zero-order chi connectivity index (χ0) is 14.3. The van der Waals surface area contributed by atoms with Crippen LogP contribution in [0.1, 0.15) is 29.4 Å². The van der Waals surface area contributed by atoms with E-state index >= 15 is 0 Å². The molecule has 3 rings (SSSR count). The predicted octanol–water partition coefficient (Wildman–Crippen LogP) is 2.82. The highest BCUT2D eigenvalue weighted by Crippen LogP contribution is 2.25. The molecule has 0 aromatic carbocycles. The third-order valence-corrected chi connectivity index (χ3v) is 3.80. The molecule has 1 unspecified atom stereocenters. The van der Waals surface area contributed by atoms with Crippen LogP contribution in [0.2, 0.25) is 0 Å². The van der Waals surface area contributed by atoms with Gasteiger partial charge in [0.1, 0.15) is 11.3 Å². The van der Waals surface area contributed by atoms with Crippen LogP contribution in [-0.4, -0.2) is 24.3 Å². The van der Waals surface area contributed by atoms with E-state index in [0.29, 0.717) is 6.54 Å². The molecule has 0 aliphatic heterocycles. The average Bonchev–Trinajstić information content (AvgIpc) is 2.95. The highest BCUT2D eigenvalue weighted by molar-refractivity contribution is 6.20. The van der Waals surface area contributed by atoms with E-state index in [1.807, 2.05) is 30.9 Å². The van der Waals surface area contributed by atoms with Crippen molar-refractivity contribution in [3.8, 4) is 0 Å². The van der Waals surface area contributed by atoms with Crippen molar-refractivity contribution in [3.63, 3.8) is 0 Å². The zero-order valence-electron chi connectivity index (χ0n) is 11.7. The van der Waals surface area contributed by atoms with E-state index in [4.69, 9.17) is 11.6 Å². The van der Waals surface area contributed by atoms with Crippen molar-refractivity contribution >= 4 is 22.6 Å². The Morgan fingerprint density at radius 2 is 2.15 bits per heavy atom. The number of fused-ring (bicyclic) bond motifs is 1. The maximum absolute atomic E-state index is 6.27. The lowest BCUT2D eigenvalue weighted by Gasteiger charge is -2.10. The Hall–Kier alpha value is -1.88. The van der Waals surface area contributed by atoms with Gasteiger partial charge in [-0.3, -0.25) is 9.67 Å². The Morgan fingerprint density at radius 1 is 1.35 bits per heavy atom. The number of alkyl halides is 1. The molecule has 0 fully saturated rings. The molecule has 20 heavy (non-hydrogen) atoms. The van der Waals surface area contributed by atoms with E-state index in [2.05, 4.69) is 26.6 Å². The van der Waals surface area contributed by atoms with Crippen molar-refractivity contribution in [2.75, 3.05) is 0 Å². The number of aromatic nitrogens is 5. The molecule has 1 atom stereocenters. The van der Waals surface area contributed by atoms with Gasteiger partial charge in [-0.15, -0.1) is 11.6 Å². The molecule has 0 aliphatic carbocycles. The number of nitrogens with zero attached hydrogens (tertiary/aromatic N) is 5. The normalized spacial score (nSPS) is 13.0. The first-order chi connectivity index (χ1) is 9.58. The van der Waals surface area contributed by atoms with Gasteiger partial charge in [0, 0.05) is 24.5 Å². The summed E-state index contributed by atoms with van der Waals surface area (Å²) in [4.78, 5) is 8.71. The molecular formula is C14H16ClN5. The van der Waals surface area contributed by atoms with Crippen molar-refractivity contribution in [2.24, 2.45) is 7.05 Å². The molecule has 5 nitrogen and oxygen atoms in total. The van der Waals surface area contributed by atoms with Crippen LogP contribution in [0.3, 0.4) is 0 Å². The highest BCUT2D eigenvalue weighted by Gasteiger charge is 2.16. The topological polar surface area (TPSA) is 48.5 Å². The Kier molecular flexibility index (Phi) is 3.22. The smallest absolute Gasteiger partial charge is 0.128 e. The minimum atomic E-state index is -0.153. The summed E-state index contributed by atoms with van der Waals surface area (Å²) >= 11 is 6.27. The summed E-state index contributed by atoms with van der Waals surface area (Å²) in [5.74, 6) is 0.859. The first-order valence-electron chi connectivity index (χ1n) is 6.49. The molecule has 3 aromatic heterocycles. The van der Waals surface area contributed by atoms with Gasteiger partial charge in [-0.25, -0.2) is 4.98 Å². The summed E-state index contributed by atoms with van der Waals surface area (Å²) in [6.45, 7) is 4.71. The SMILES string of the molecule is Cc1c(Cn2c(C(C)Cl)nc3cnccc32)cnn1C. The maximum Gasteiger partial charge on any atom is 0.128 e. The first-order valence-corrected chi connectivity index (χ1v) is 6.93. The third kappa shape index (κ3) is 2.08. The van der Waals surface area contributed by atoms with E-state index in [-0.39, 0.29) is 5.38 Å².